The zero-order chi connectivity index (χ0) is 20.7. The fourth-order valence-corrected chi connectivity index (χ4v) is 4.86. The number of ether oxygens (including phenoxy) is 2. The highest BCUT2D eigenvalue weighted by atomic mass is 79.9. The molecule has 2 aliphatic carbocycles. The van der Waals surface area contributed by atoms with Crippen molar-refractivity contribution in [2.24, 2.45) is 28.8 Å². The molecule has 6 nitrogen and oxygen atoms in total. The fourth-order valence-electron chi connectivity index (χ4n) is 4.43. The van der Waals surface area contributed by atoms with Gasteiger partial charge in [0, 0.05) is 10.0 Å². The third kappa shape index (κ3) is 3.50. The monoisotopic (exact) mass is 460 g/mol. The van der Waals surface area contributed by atoms with Crippen LogP contribution in [0.5, 0.6) is 11.5 Å². The number of halogens is 1. The van der Waals surface area contributed by atoms with Gasteiger partial charge in [-0.05, 0) is 66.6 Å². The first kappa shape index (κ1) is 20.1. The van der Waals surface area contributed by atoms with E-state index in [0.29, 0.717) is 23.7 Å². The van der Waals surface area contributed by atoms with Gasteiger partial charge in [0.05, 0.1) is 30.8 Å². The number of nitrogens with zero attached hydrogens (tertiary/aromatic N) is 2. The Morgan fingerprint density at radius 2 is 1.83 bits per heavy atom. The molecule has 1 aliphatic heterocycles. The number of allylic oxidation sites excluding steroid dienone is 2. The lowest BCUT2D eigenvalue weighted by molar-refractivity contribution is -0.140. The Balaban J connectivity index is 1.57. The number of imide groups is 1. The quantitative estimate of drug-likeness (QED) is 0.347. The highest BCUT2D eigenvalue weighted by molar-refractivity contribution is 9.10. The molecule has 0 radical (unpaired) electrons. The molecule has 5 unspecified atom stereocenters. The van der Waals surface area contributed by atoms with Gasteiger partial charge in [-0.1, -0.05) is 19.1 Å². The third-order valence-electron chi connectivity index (χ3n) is 6.03. The molecule has 2 bridgehead atoms. The molecule has 3 aliphatic rings. The maximum Gasteiger partial charge on any atom is 0.254 e. The van der Waals surface area contributed by atoms with Gasteiger partial charge in [0.2, 0.25) is 0 Å². The zero-order valence-electron chi connectivity index (χ0n) is 16.8. The smallest absolute Gasteiger partial charge is 0.254 e. The number of fused-ring (bicyclic) bond motifs is 5. The van der Waals surface area contributed by atoms with Crippen molar-refractivity contribution in [1.29, 1.82) is 0 Å². The Morgan fingerprint density at radius 1 is 1.17 bits per heavy atom. The molecule has 0 spiro atoms. The predicted molar refractivity (Wildman–Crippen MR) is 113 cm³/mol. The minimum Gasteiger partial charge on any atom is -0.490 e. The molecule has 1 heterocycles. The van der Waals surface area contributed by atoms with Crippen LogP contribution in [0.15, 0.2) is 33.9 Å². The standard InChI is InChI=1S/C22H25BrN2O4/c1-4-12(3)29-18-10-16(23)15(9-17(18)28-5-2)11-24-25-21(26)19-13-6-7-14(8-13)20(19)22(25)27/h6-7,9-14,19-20H,4-5,8H2,1-3H3. The highest BCUT2D eigenvalue weighted by Crippen LogP contribution is 2.52. The molecule has 2 amide bonds. The van der Waals surface area contributed by atoms with Gasteiger partial charge in [0.25, 0.3) is 11.8 Å². The topological polar surface area (TPSA) is 68.2 Å². The predicted octanol–water partition coefficient (Wildman–Crippen LogP) is 4.17. The summed E-state index contributed by atoms with van der Waals surface area (Å²) in [5, 5.41) is 5.31. The molecule has 1 aromatic carbocycles. The molecule has 1 saturated carbocycles. The molecular weight excluding hydrogens is 436 g/mol. The van der Waals surface area contributed by atoms with E-state index in [2.05, 4.69) is 40.1 Å². The van der Waals surface area contributed by atoms with Crippen molar-refractivity contribution in [2.45, 2.75) is 39.7 Å². The normalized spacial score (nSPS) is 28.5. The van der Waals surface area contributed by atoms with Crippen LogP contribution in [-0.2, 0) is 9.59 Å². The van der Waals surface area contributed by atoms with Gasteiger partial charge in [0.1, 0.15) is 0 Å². The number of rotatable bonds is 7. The van der Waals surface area contributed by atoms with E-state index in [1.54, 1.807) is 0 Å². The molecule has 5 atom stereocenters. The number of carbonyl (C=O) groups is 2. The lowest BCUT2D eigenvalue weighted by Gasteiger charge is -2.17. The fraction of sp³-hybridized carbons (Fsp3) is 0.500. The summed E-state index contributed by atoms with van der Waals surface area (Å²) in [6.07, 6.45) is 7.53. The van der Waals surface area contributed by atoms with E-state index in [0.717, 1.165) is 22.3 Å². The highest BCUT2D eigenvalue weighted by Gasteiger charge is 2.59. The van der Waals surface area contributed by atoms with Crippen molar-refractivity contribution in [3.63, 3.8) is 0 Å². The second kappa shape index (κ2) is 7.94. The number of carbonyl (C=O) groups excluding carboxylic acids is 2. The van der Waals surface area contributed by atoms with Crippen molar-refractivity contribution >= 4 is 34.0 Å². The van der Waals surface area contributed by atoms with Gasteiger partial charge >= 0.3 is 0 Å². The lowest BCUT2D eigenvalue weighted by atomic mass is 9.85. The van der Waals surface area contributed by atoms with Crippen LogP contribution in [0.1, 0.15) is 39.2 Å². The van der Waals surface area contributed by atoms with Gasteiger partial charge in [-0.15, -0.1) is 0 Å². The van der Waals surface area contributed by atoms with Crippen molar-refractivity contribution in [3.8, 4) is 11.5 Å². The van der Waals surface area contributed by atoms with Crippen molar-refractivity contribution < 1.29 is 19.1 Å². The van der Waals surface area contributed by atoms with Crippen molar-refractivity contribution in [3.05, 3.63) is 34.3 Å². The Kier molecular flexibility index (Phi) is 5.51. The second-order valence-electron chi connectivity index (χ2n) is 7.82. The average molecular weight is 461 g/mol. The van der Waals surface area contributed by atoms with Crippen LogP contribution in [0.2, 0.25) is 0 Å². The van der Waals surface area contributed by atoms with Crippen LogP contribution < -0.4 is 9.47 Å². The maximum absolute atomic E-state index is 12.8. The van der Waals surface area contributed by atoms with E-state index in [1.165, 1.54) is 6.21 Å². The molecule has 7 heteroatoms. The Bertz CT molecular complexity index is 867. The van der Waals surface area contributed by atoms with Gasteiger partial charge in [0.15, 0.2) is 11.5 Å². The summed E-state index contributed by atoms with van der Waals surface area (Å²) in [6.45, 7) is 6.47. The number of hydrazone groups is 1. The van der Waals surface area contributed by atoms with Crippen LogP contribution in [0.25, 0.3) is 0 Å². The summed E-state index contributed by atoms with van der Waals surface area (Å²) in [4.78, 5) is 25.5. The van der Waals surface area contributed by atoms with Crippen LogP contribution in [0.3, 0.4) is 0 Å². The van der Waals surface area contributed by atoms with E-state index in [-0.39, 0.29) is 41.6 Å². The number of hydrogen-bond acceptors (Lipinski definition) is 5. The molecular formula is C22H25BrN2O4. The van der Waals surface area contributed by atoms with Crippen LogP contribution in [0.4, 0.5) is 0 Å². The van der Waals surface area contributed by atoms with Gasteiger partial charge in [-0.25, -0.2) is 0 Å². The first-order chi connectivity index (χ1) is 13.9. The largest absolute Gasteiger partial charge is 0.490 e. The molecule has 4 rings (SSSR count). The Hall–Kier alpha value is -2.15. The SMILES string of the molecule is CCOc1cc(C=NN2C(=O)C3C4C=CC(C4)C3C2=O)c(Br)cc1OC(C)CC. The van der Waals surface area contributed by atoms with E-state index >= 15 is 0 Å². The summed E-state index contributed by atoms with van der Waals surface area (Å²) in [6, 6.07) is 3.65. The van der Waals surface area contributed by atoms with Crippen LogP contribution in [-0.4, -0.2) is 35.7 Å². The van der Waals surface area contributed by atoms with Crippen molar-refractivity contribution in [1.82, 2.24) is 5.01 Å². The minimum atomic E-state index is -0.247. The zero-order valence-corrected chi connectivity index (χ0v) is 18.4. The van der Waals surface area contributed by atoms with Crippen molar-refractivity contribution in [2.75, 3.05) is 6.61 Å². The summed E-state index contributed by atoms with van der Waals surface area (Å²) in [7, 11) is 0. The van der Waals surface area contributed by atoms with E-state index in [4.69, 9.17) is 9.47 Å². The molecule has 2 fully saturated rings. The van der Waals surface area contributed by atoms with E-state index in [9.17, 15) is 9.59 Å². The van der Waals surface area contributed by atoms with Crippen LogP contribution in [0, 0.1) is 23.7 Å². The third-order valence-corrected chi connectivity index (χ3v) is 6.71. The molecule has 1 saturated heterocycles. The second-order valence-corrected chi connectivity index (χ2v) is 8.68. The summed E-state index contributed by atoms with van der Waals surface area (Å²) < 4.78 is 12.4. The number of benzene rings is 1. The summed E-state index contributed by atoms with van der Waals surface area (Å²) >= 11 is 3.54. The first-order valence-corrected chi connectivity index (χ1v) is 11.0. The number of hydrogen-bond donors (Lipinski definition) is 0. The minimum absolute atomic E-state index is 0.0591. The Morgan fingerprint density at radius 3 is 2.41 bits per heavy atom. The van der Waals surface area contributed by atoms with Gasteiger partial charge in [-0.3, -0.25) is 9.59 Å². The summed E-state index contributed by atoms with van der Waals surface area (Å²) in [5.74, 6) is 0.736. The lowest BCUT2D eigenvalue weighted by Crippen LogP contribution is -2.28. The van der Waals surface area contributed by atoms with Crippen LogP contribution >= 0.6 is 15.9 Å². The van der Waals surface area contributed by atoms with E-state index < -0.39 is 0 Å². The molecule has 0 aromatic heterocycles. The average Bonchev–Trinajstić information content (AvgIpc) is 3.37. The summed E-state index contributed by atoms with van der Waals surface area (Å²) in [5.41, 5.74) is 0.712. The molecule has 154 valence electrons. The van der Waals surface area contributed by atoms with Gasteiger partial charge in [-0.2, -0.15) is 10.1 Å². The molecule has 0 N–H and O–H groups in total. The first-order valence-electron chi connectivity index (χ1n) is 10.2. The maximum atomic E-state index is 12.8. The van der Waals surface area contributed by atoms with Gasteiger partial charge < -0.3 is 9.47 Å². The Labute approximate surface area is 179 Å². The number of amides is 2. The molecule has 1 aromatic rings. The van der Waals surface area contributed by atoms with E-state index in [1.807, 2.05) is 26.0 Å². The molecule has 29 heavy (non-hydrogen) atoms.